The van der Waals surface area contributed by atoms with Gasteiger partial charge in [0.1, 0.15) is 0 Å². The maximum Gasteiger partial charge on any atom is 0.0717 e. The fourth-order valence-corrected chi connectivity index (χ4v) is 3.49. The number of hydrogen-bond acceptors (Lipinski definition) is 2. The number of aliphatic imine (C=N–C) groups is 1. The molecular formula is C24H23NO. The smallest absolute Gasteiger partial charge is 0.0717 e. The highest BCUT2D eigenvalue weighted by atomic mass is 16.5. The molecule has 2 heteroatoms. The molecule has 130 valence electrons. The van der Waals surface area contributed by atoms with E-state index < -0.39 is 0 Å². The van der Waals surface area contributed by atoms with Crippen LogP contribution in [-0.4, -0.2) is 12.3 Å². The summed E-state index contributed by atoms with van der Waals surface area (Å²) in [6.07, 6.45) is 1.94. The van der Waals surface area contributed by atoms with Crippen molar-refractivity contribution in [2.75, 3.05) is 6.61 Å². The average Bonchev–Trinajstić information content (AvgIpc) is 2.89. The molecule has 2 nitrogen and oxygen atoms in total. The van der Waals surface area contributed by atoms with E-state index in [2.05, 4.69) is 78.9 Å². The van der Waals surface area contributed by atoms with Gasteiger partial charge in [-0.1, -0.05) is 78.9 Å². The Bertz CT molecular complexity index is 871. The van der Waals surface area contributed by atoms with Gasteiger partial charge >= 0.3 is 0 Å². The number of benzene rings is 3. The van der Waals surface area contributed by atoms with Gasteiger partial charge in [0.15, 0.2) is 0 Å². The van der Waals surface area contributed by atoms with Crippen molar-refractivity contribution in [3.05, 3.63) is 102 Å². The second-order valence-corrected chi connectivity index (χ2v) is 6.83. The van der Waals surface area contributed by atoms with Crippen molar-refractivity contribution in [1.29, 1.82) is 0 Å². The van der Waals surface area contributed by atoms with E-state index in [9.17, 15) is 0 Å². The molecule has 4 rings (SSSR count). The van der Waals surface area contributed by atoms with Gasteiger partial charge in [0.05, 0.1) is 18.9 Å². The molecular weight excluding hydrogens is 318 g/mol. The van der Waals surface area contributed by atoms with Crippen LogP contribution in [0, 0.1) is 5.92 Å². The monoisotopic (exact) mass is 341 g/mol. The van der Waals surface area contributed by atoms with Crippen molar-refractivity contribution in [1.82, 2.24) is 0 Å². The van der Waals surface area contributed by atoms with Crippen molar-refractivity contribution in [3.8, 4) is 0 Å². The lowest BCUT2D eigenvalue weighted by molar-refractivity contribution is 0.0891. The second kappa shape index (κ2) is 8.11. The van der Waals surface area contributed by atoms with Crippen LogP contribution in [0.15, 0.2) is 89.9 Å². The van der Waals surface area contributed by atoms with Gasteiger partial charge in [0.25, 0.3) is 0 Å². The van der Waals surface area contributed by atoms with Crippen molar-refractivity contribution in [2.24, 2.45) is 10.9 Å². The molecule has 0 N–H and O–H groups in total. The topological polar surface area (TPSA) is 21.6 Å². The van der Waals surface area contributed by atoms with Gasteiger partial charge in [0, 0.05) is 5.71 Å². The van der Waals surface area contributed by atoms with Crippen LogP contribution in [0.3, 0.4) is 0 Å². The lowest BCUT2D eigenvalue weighted by atomic mass is 9.93. The van der Waals surface area contributed by atoms with Crippen LogP contribution in [0.1, 0.15) is 23.1 Å². The van der Waals surface area contributed by atoms with Crippen LogP contribution in [0.4, 0.5) is 5.69 Å². The molecule has 0 bridgehead atoms. The Morgan fingerprint density at radius 2 is 1.46 bits per heavy atom. The average molecular weight is 341 g/mol. The zero-order valence-electron chi connectivity index (χ0n) is 14.8. The first-order valence-electron chi connectivity index (χ1n) is 9.21. The van der Waals surface area contributed by atoms with E-state index in [-0.39, 0.29) is 0 Å². The standard InChI is InChI=1S/C24H23NO/c1-3-9-19(10-4-1)17-26-18-20-15-22-13-7-8-14-23(22)25-24(16-20)21-11-5-2-6-12-21/h1-14,20H,15-18H2. The first-order chi connectivity index (χ1) is 12.9. The number of fused-ring (bicyclic) bond motifs is 1. The van der Waals surface area contributed by atoms with Gasteiger partial charge in [-0.3, -0.25) is 4.99 Å². The Morgan fingerprint density at radius 3 is 2.27 bits per heavy atom. The predicted octanol–water partition coefficient (Wildman–Crippen LogP) is 5.59. The maximum absolute atomic E-state index is 6.06. The first-order valence-corrected chi connectivity index (χ1v) is 9.21. The molecule has 0 saturated carbocycles. The van der Waals surface area contributed by atoms with Crippen molar-refractivity contribution >= 4 is 11.4 Å². The number of ether oxygens (including phenoxy) is 1. The minimum Gasteiger partial charge on any atom is -0.376 e. The predicted molar refractivity (Wildman–Crippen MR) is 107 cm³/mol. The molecule has 0 saturated heterocycles. The van der Waals surface area contributed by atoms with Crippen molar-refractivity contribution < 1.29 is 4.74 Å². The molecule has 3 aromatic rings. The summed E-state index contributed by atoms with van der Waals surface area (Å²) in [6.45, 7) is 1.41. The molecule has 0 spiro atoms. The highest BCUT2D eigenvalue weighted by Gasteiger charge is 2.20. The first kappa shape index (κ1) is 16.7. The zero-order valence-corrected chi connectivity index (χ0v) is 14.8. The Hall–Kier alpha value is -2.71. The Morgan fingerprint density at radius 1 is 0.769 bits per heavy atom. The molecule has 0 fully saturated rings. The molecule has 1 atom stereocenters. The molecule has 26 heavy (non-hydrogen) atoms. The minimum atomic E-state index is 0.432. The molecule has 3 aromatic carbocycles. The SMILES string of the molecule is c1ccc(COCC2CC(c3ccccc3)=Nc3ccccc3C2)cc1. The Balaban J connectivity index is 1.52. The summed E-state index contributed by atoms with van der Waals surface area (Å²) >= 11 is 0. The van der Waals surface area contributed by atoms with E-state index in [1.165, 1.54) is 16.7 Å². The van der Waals surface area contributed by atoms with Gasteiger partial charge in [-0.2, -0.15) is 0 Å². The molecule has 0 amide bonds. The summed E-state index contributed by atoms with van der Waals surface area (Å²) in [5.41, 5.74) is 5.99. The number of hydrogen-bond donors (Lipinski definition) is 0. The van der Waals surface area contributed by atoms with Crippen molar-refractivity contribution in [3.63, 3.8) is 0 Å². The summed E-state index contributed by atoms with van der Waals surface area (Å²) in [5.74, 6) is 0.432. The summed E-state index contributed by atoms with van der Waals surface area (Å²) < 4.78 is 6.06. The van der Waals surface area contributed by atoms with E-state index in [4.69, 9.17) is 9.73 Å². The van der Waals surface area contributed by atoms with Crippen LogP contribution in [0.2, 0.25) is 0 Å². The minimum absolute atomic E-state index is 0.432. The number of nitrogens with zero attached hydrogens (tertiary/aromatic N) is 1. The molecule has 0 radical (unpaired) electrons. The van der Waals surface area contributed by atoms with E-state index in [1.807, 2.05) is 6.07 Å². The Labute approximate surface area is 155 Å². The second-order valence-electron chi connectivity index (χ2n) is 6.83. The van der Waals surface area contributed by atoms with Crippen LogP contribution in [-0.2, 0) is 17.8 Å². The third kappa shape index (κ3) is 4.09. The van der Waals surface area contributed by atoms with E-state index >= 15 is 0 Å². The normalized spacial score (nSPS) is 16.5. The van der Waals surface area contributed by atoms with E-state index in [1.54, 1.807) is 0 Å². The number of rotatable bonds is 5. The maximum atomic E-state index is 6.06. The highest BCUT2D eigenvalue weighted by molar-refractivity contribution is 6.02. The fraction of sp³-hybridized carbons (Fsp3) is 0.208. The molecule has 1 heterocycles. The zero-order chi connectivity index (χ0) is 17.6. The Kier molecular flexibility index (Phi) is 5.22. The fourth-order valence-electron chi connectivity index (χ4n) is 3.49. The van der Waals surface area contributed by atoms with E-state index in [0.29, 0.717) is 12.5 Å². The molecule has 0 aliphatic carbocycles. The summed E-state index contributed by atoms with van der Waals surface area (Å²) in [4.78, 5) is 4.99. The van der Waals surface area contributed by atoms with Gasteiger partial charge in [-0.05, 0) is 41.5 Å². The number of para-hydroxylation sites is 1. The van der Waals surface area contributed by atoms with Crippen molar-refractivity contribution in [2.45, 2.75) is 19.4 Å². The summed E-state index contributed by atoms with van der Waals surface area (Å²) in [6, 6.07) is 29.3. The molecule has 1 aliphatic heterocycles. The highest BCUT2D eigenvalue weighted by Crippen LogP contribution is 2.30. The van der Waals surface area contributed by atoms with Crippen LogP contribution < -0.4 is 0 Å². The van der Waals surface area contributed by atoms with Gasteiger partial charge in [-0.25, -0.2) is 0 Å². The molecule has 0 aromatic heterocycles. The van der Waals surface area contributed by atoms with Crippen LogP contribution in [0.5, 0.6) is 0 Å². The largest absolute Gasteiger partial charge is 0.376 e. The third-order valence-electron chi connectivity index (χ3n) is 4.81. The van der Waals surface area contributed by atoms with Gasteiger partial charge in [0.2, 0.25) is 0 Å². The van der Waals surface area contributed by atoms with Crippen LogP contribution in [0.25, 0.3) is 0 Å². The third-order valence-corrected chi connectivity index (χ3v) is 4.81. The van der Waals surface area contributed by atoms with Gasteiger partial charge in [-0.15, -0.1) is 0 Å². The quantitative estimate of drug-likeness (QED) is 0.593. The lowest BCUT2D eigenvalue weighted by Gasteiger charge is -2.16. The van der Waals surface area contributed by atoms with Gasteiger partial charge < -0.3 is 4.74 Å². The van der Waals surface area contributed by atoms with E-state index in [0.717, 1.165) is 30.8 Å². The molecule has 1 unspecified atom stereocenters. The summed E-state index contributed by atoms with van der Waals surface area (Å²) in [5, 5.41) is 0. The van der Waals surface area contributed by atoms with Crippen LogP contribution >= 0.6 is 0 Å². The molecule has 1 aliphatic rings. The summed E-state index contributed by atoms with van der Waals surface area (Å²) in [7, 11) is 0. The lowest BCUT2D eigenvalue weighted by Crippen LogP contribution is -2.16.